The lowest BCUT2D eigenvalue weighted by Gasteiger charge is -2.38. The highest BCUT2D eigenvalue weighted by Gasteiger charge is 2.35. The Kier molecular flexibility index (Phi) is 6.73. The topological polar surface area (TPSA) is 70.7 Å². The summed E-state index contributed by atoms with van der Waals surface area (Å²) in [4.78, 5) is 26.8. The predicted molar refractivity (Wildman–Crippen MR) is 108 cm³/mol. The lowest BCUT2D eigenvalue weighted by atomic mass is 9.81. The van der Waals surface area contributed by atoms with Crippen molar-refractivity contribution in [2.24, 2.45) is 0 Å². The van der Waals surface area contributed by atoms with E-state index in [1.54, 1.807) is 0 Å². The summed E-state index contributed by atoms with van der Waals surface area (Å²) in [5.41, 5.74) is 0.669. The molecular formula is C21H33N3O3. The molecule has 0 atom stereocenters. The van der Waals surface area contributed by atoms with Crippen LogP contribution in [-0.2, 0) is 4.74 Å². The number of benzene rings is 1. The van der Waals surface area contributed by atoms with Crippen LogP contribution in [0.25, 0.3) is 0 Å². The van der Waals surface area contributed by atoms with Gasteiger partial charge in [-0.25, -0.2) is 4.79 Å². The van der Waals surface area contributed by atoms with Crippen LogP contribution in [0.2, 0.25) is 0 Å². The van der Waals surface area contributed by atoms with Crippen LogP contribution in [-0.4, -0.2) is 43.8 Å². The average molecular weight is 376 g/mol. The van der Waals surface area contributed by atoms with Gasteiger partial charge in [-0.1, -0.05) is 19.3 Å². The first-order valence-electron chi connectivity index (χ1n) is 9.67. The van der Waals surface area contributed by atoms with E-state index in [0.717, 1.165) is 37.8 Å². The number of ether oxygens (including phenoxy) is 1. The third-order valence-electron chi connectivity index (χ3n) is 4.81. The molecule has 0 heterocycles. The molecular weight excluding hydrogens is 342 g/mol. The molecule has 1 aromatic carbocycles. The summed E-state index contributed by atoms with van der Waals surface area (Å²) in [6.45, 7) is 5.94. The molecule has 1 aliphatic rings. The Morgan fingerprint density at radius 3 is 2.19 bits per heavy atom. The molecule has 27 heavy (non-hydrogen) atoms. The molecule has 2 rings (SSSR count). The normalized spacial score (nSPS) is 16.3. The molecule has 150 valence electrons. The quantitative estimate of drug-likeness (QED) is 0.823. The number of carbonyl (C=O) groups excluding carboxylic acids is 2. The predicted octanol–water partition coefficient (Wildman–Crippen LogP) is 3.71. The number of nitrogens with one attached hydrogen (secondary N) is 2. The van der Waals surface area contributed by atoms with Crippen molar-refractivity contribution in [2.45, 2.75) is 64.0 Å². The van der Waals surface area contributed by atoms with E-state index in [1.165, 1.54) is 0 Å². The van der Waals surface area contributed by atoms with E-state index in [4.69, 9.17) is 4.74 Å². The lowest BCUT2D eigenvalue weighted by Crippen LogP contribution is -2.57. The number of alkyl carbamates (subject to hydrolysis) is 1. The van der Waals surface area contributed by atoms with E-state index in [2.05, 4.69) is 10.6 Å². The molecule has 1 fully saturated rings. The van der Waals surface area contributed by atoms with Crippen LogP contribution in [0, 0.1) is 0 Å². The Labute approximate surface area is 162 Å². The third-order valence-corrected chi connectivity index (χ3v) is 4.81. The molecule has 0 bridgehead atoms. The van der Waals surface area contributed by atoms with Crippen molar-refractivity contribution in [3.8, 4) is 0 Å². The molecule has 0 aromatic heterocycles. The van der Waals surface area contributed by atoms with Crippen LogP contribution in [0.3, 0.4) is 0 Å². The highest BCUT2D eigenvalue weighted by atomic mass is 16.6. The van der Waals surface area contributed by atoms with Gasteiger partial charge in [0.2, 0.25) is 0 Å². The Morgan fingerprint density at radius 2 is 1.67 bits per heavy atom. The van der Waals surface area contributed by atoms with E-state index in [-0.39, 0.29) is 5.91 Å². The summed E-state index contributed by atoms with van der Waals surface area (Å²) >= 11 is 0. The smallest absolute Gasteiger partial charge is 0.408 e. The molecule has 0 aliphatic heterocycles. The molecule has 1 aliphatic carbocycles. The maximum Gasteiger partial charge on any atom is 0.408 e. The number of amides is 2. The highest BCUT2D eigenvalue weighted by molar-refractivity contribution is 5.94. The van der Waals surface area contributed by atoms with Gasteiger partial charge in [0, 0.05) is 31.9 Å². The molecule has 6 heteroatoms. The van der Waals surface area contributed by atoms with Crippen LogP contribution in [0.1, 0.15) is 63.2 Å². The number of anilines is 1. The Balaban J connectivity index is 2.01. The molecule has 0 saturated heterocycles. The molecule has 1 saturated carbocycles. The fourth-order valence-electron chi connectivity index (χ4n) is 3.36. The zero-order valence-corrected chi connectivity index (χ0v) is 17.2. The summed E-state index contributed by atoms with van der Waals surface area (Å²) in [5, 5.41) is 6.04. The monoisotopic (exact) mass is 375 g/mol. The summed E-state index contributed by atoms with van der Waals surface area (Å²) in [7, 11) is 3.93. The first-order valence-corrected chi connectivity index (χ1v) is 9.67. The van der Waals surface area contributed by atoms with Crippen molar-refractivity contribution in [2.75, 3.05) is 25.5 Å². The van der Waals surface area contributed by atoms with Crippen LogP contribution in [0.5, 0.6) is 0 Å². The van der Waals surface area contributed by atoms with Gasteiger partial charge in [0.1, 0.15) is 5.60 Å². The fourth-order valence-corrected chi connectivity index (χ4v) is 3.36. The van der Waals surface area contributed by atoms with Gasteiger partial charge in [0.05, 0.1) is 5.54 Å². The average Bonchev–Trinajstić information content (AvgIpc) is 2.59. The van der Waals surface area contributed by atoms with Crippen molar-refractivity contribution in [1.29, 1.82) is 0 Å². The molecule has 2 amide bonds. The van der Waals surface area contributed by atoms with E-state index in [1.807, 2.05) is 64.0 Å². The summed E-state index contributed by atoms with van der Waals surface area (Å²) < 4.78 is 5.43. The van der Waals surface area contributed by atoms with Gasteiger partial charge < -0.3 is 20.3 Å². The van der Waals surface area contributed by atoms with E-state index < -0.39 is 17.2 Å². The van der Waals surface area contributed by atoms with Crippen molar-refractivity contribution >= 4 is 17.7 Å². The molecule has 0 radical (unpaired) electrons. The van der Waals surface area contributed by atoms with E-state index in [9.17, 15) is 9.59 Å². The second kappa shape index (κ2) is 8.63. The van der Waals surface area contributed by atoms with Crippen LogP contribution in [0.15, 0.2) is 24.3 Å². The minimum Gasteiger partial charge on any atom is -0.444 e. The lowest BCUT2D eigenvalue weighted by molar-refractivity contribution is 0.0419. The van der Waals surface area contributed by atoms with Crippen LogP contribution < -0.4 is 15.5 Å². The standard InChI is InChI=1S/C21H33N3O3/c1-20(2,3)27-19(26)23-21(13-7-6-8-14-21)15-22-18(25)16-9-11-17(12-10-16)24(4)5/h9-12H,6-8,13-15H2,1-5H3,(H,22,25)(H,23,26). The minimum atomic E-state index is -0.544. The first kappa shape index (κ1) is 21.1. The van der Waals surface area contributed by atoms with Gasteiger partial charge in [-0.05, 0) is 57.9 Å². The molecule has 0 unspecified atom stereocenters. The SMILES string of the molecule is CN(C)c1ccc(C(=O)NCC2(NC(=O)OC(C)(C)C)CCCCC2)cc1. The van der Waals surface area contributed by atoms with Crippen molar-refractivity contribution in [1.82, 2.24) is 10.6 Å². The van der Waals surface area contributed by atoms with Crippen LogP contribution in [0.4, 0.5) is 10.5 Å². The minimum absolute atomic E-state index is 0.128. The first-order chi connectivity index (χ1) is 12.6. The molecule has 1 aromatic rings. The Morgan fingerprint density at radius 1 is 1.07 bits per heavy atom. The number of hydrogen-bond donors (Lipinski definition) is 2. The number of carbonyl (C=O) groups is 2. The molecule has 2 N–H and O–H groups in total. The second-order valence-electron chi connectivity index (χ2n) is 8.59. The fraction of sp³-hybridized carbons (Fsp3) is 0.619. The van der Waals surface area contributed by atoms with Crippen molar-refractivity contribution in [3.63, 3.8) is 0 Å². The summed E-state index contributed by atoms with van der Waals surface area (Å²) in [5.74, 6) is -0.128. The maximum absolute atomic E-state index is 12.6. The maximum atomic E-state index is 12.6. The molecule has 6 nitrogen and oxygen atoms in total. The summed E-state index contributed by atoms with van der Waals surface area (Å²) in [6.07, 6.45) is 4.47. The van der Waals surface area contributed by atoms with Gasteiger partial charge in [-0.3, -0.25) is 4.79 Å². The van der Waals surface area contributed by atoms with E-state index >= 15 is 0 Å². The Bertz CT molecular complexity index is 642. The molecule has 0 spiro atoms. The van der Waals surface area contributed by atoms with Crippen LogP contribution >= 0.6 is 0 Å². The highest BCUT2D eigenvalue weighted by Crippen LogP contribution is 2.28. The van der Waals surface area contributed by atoms with Gasteiger partial charge >= 0.3 is 6.09 Å². The Hall–Kier alpha value is -2.24. The largest absolute Gasteiger partial charge is 0.444 e. The van der Waals surface area contributed by atoms with E-state index in [0.29, 0.717) is 12.1 Å². The number of nitrogens with zero attached hydrogens (tertiary/aromatic N) is 1. The zero-order valence-electron chi connectivity index (χ0n) is 17.2. The number of rotatable bonds is 5. The zero-order chi connectivity index (χ0) is 20.1. The van der Waals surface area contributed by atoms with Crippen molar-refractivity contribution in [3.05, 3.63) is 29.8 Å². The second-order valence-corrected chi connectivity index (χ2v) is 8.59. The third kappa shape index (κ3) is 6.45. The van der Waals surface area contributed by atoms with Gasteiger partial charge in [0.15, 0.2) is 0 Å². The van der Waals surface area contributed by atoms with Gasteiger partial charge in [0.25, 0.3) is 5.91 Å². The van der Waals surface area contributed by atoms with Gasteiger partial charge in [-0.15, -0.1) is 0 Å². The summed E-state index contributed by atoms with van der Waals surface area (Å²) in [6, 6.07) is 7.48. The number of hydrogen-bond acceptors (Lipinski definition) is 4. The van der Waals surface area contributed by atoms with Gasteiger partial charge in [-0.2, -0.15) is 0 Å². The van der Waals surface area contributed by atoms with Crippen molar-refractivity contribution < 1.29 is 14.3 Å².